The molecule has 0 spiro atoms. The van der Waals surface area contributed by atoms with Crippen molar-refractivity contribution in [1.29, 1.82) is 0 Å². The molecule has 0 saturated heterocycles. The van der Waals surface area contributed by atoms with Crippen LogP contribution in [-0.4, -0.2) is 17.9 Å². The first-order valence-corrected chi connectivity index (χ1v) is 5.83. The first-order chi connectivity index (χ1) is 8.79. The Hall–Kier alpha value is -1.98. The molecule has 4 nitrogen and oxygen atoms in total. The lowest BCUT2D eigenvalue weighted by Crippen LogP contribution is -2.46. The van der Waals surface area contributed by atoms with Crippen molar-refractivity contribution in [3.8, 4) is 0 Å². The number of nitrogens with one attached hydrogen (secondary N) is 2. The highest BCUT2D eigenvalue weighted by Gasteiger charge is 2.23. The molecule has 0 saturated carbocycles. The van der Waals surface area contributed by atoms with E-state index in [1.165, 1.54) is 6.92 Å². The van der Waals surface area contributed by atoms with E-state index in [1.807, 2.05) is 0 Å². The predicted octanol–water partition coefficient (Wildman–Crippen LogP) is 2.06. The summed E-state index contributed by atoms with van der Waals surface area (Å²) < 4.78 is 26.0. The molecular weight excluding hydrogens is 254 g/mol. The molecular formula is C13H16F2N2O2. The van der Waals surface area contributed by atoms with Gasteiger partial charge < -0.3 is 10.6 Å². The third-order valence-electron chi connectivity index (χ3n) is 2.44. The molecule has 1 aromatic rings. The second kappa shape index (κ2) is 6.26. The van der Waals surface area contributed by atoms with Gasteiger partial charge in [0, 0.05) is 18.7 Å². The lowest BCUT2D eigenvalue weighted by atomic mass is 10.0. The molecule has 0 bridgehead atoms. The van der Waals surface area contributed by atoms with Crippen molar-refractivity contribution in [3.63, 3.8) is 0 Å². The summed E-state index contributed by atoms with van der Waals surface area (Å²) in [4.78, 5) is 23.0. The van der Waals surface area contributed by atoms with E-state index in [0.717, 1.165) is 12.1 Å². The van der Waals surface area contributed by atoms with Crippen LogP contribution in [0.4, 0.5) is 14.5 Å². The summed E-state index contributed by atoms with van der Waals surface area (Å²) in [6.45, 7) is 4.81. The Morgan fingerprint density at radius 2 is 1.63 bits per heavy atom. The number of hydrogen-bond donors (Lipinski definition) is 2. The zero-order chi connectivity index (χ0) is 14.6. The highest BCUT2D eigenvalue weighted by atomic mass is 19.1. The van der Waals surface area contributed by atoms with Gasteiger partial charge in [0.1, 0.15) is 17.7 Å². The van der Waals surface area contributed by atoms with Crippen LogP contribution in [-0.2, 0) is 9.59 Å². The van der Waals surface area contributed by atoms with E-state index >= 15 is 0 Å². The number of amides is 2. The summed E-state index contributed by atoms with van der Waals surface area (Å²) in [6, 6.07) is 1.96. The van der Waals surface area contributed by atoms with Crippen molar-refractivity contribution in [2.75, 3.05) is 5.32 Å². The number of halogens is 2. The van der Waals surface area contributed by atoms with Crippen molar-refractivity contribution in [1.82, 2.24) is 5.32 Å². The lowest BCUT2D eigenvalue weighted by Gasteiger charge is -2.20. The van der Waals surface area contributed by atoms with Crippen molar-refractivity contribution in [2.24, 2.45) is 5.92 Å². The zero-order valence-corrected chi connectivity index (χ0v) is 11.0. The maximum Gasteiger partial charge on any atom is 0.247 e. The average molecular weight is 270 g/mol. The number of rotatable bonds is 4. The molecule has 0 fully saturated rings. The lowest BCUT2D eigenvalue weighted by molar-refractivity contribution is -0.126. The summed E-state index contributed by atoms with van der Waals surface area (Å²) in [5.41, 5.74) is 0.0125. The topological polar surface area (TPSA) is 58.2 Å². The van der Waals surface area contributed by atoms with Crippen molar-refractivity contribution >= 4 is 17.5 Å². The van der Waals surface area contributed by atoms with Crippen LogP contribution >= 0.6 is 0 Å². The molecule has 0 aliphatic heterocycles. The zero-order valence-electron chi connectivity index (χ0n) is 11.0. The minimum absolute atomic E-state index is 0.0125. The van der Waals surface area contributed by atoms with Crippen LogP contribution in [0, 0.1) is 17.6 Å². The van der Waals surface area contributed by atoms with Crippen molar-refractivity contribution in [3.05, 3.63) is 29.8 Å². The molecule has 0 aliphatic rings. The van der Waals surface area contributed by atoms with Gasteiger partial charge in [0.05, 0.1) is 0 Å². The van der Waals surface area contributed by atoms with Gasteiger partial charge in [-0.3, -0.25) is 9.59 Å². The SMILES string of the molecule is CC(=O)N[C@H](C(=O)Nc1cc(F)cc(F)c1)C(C)C. The number of hydrogen-bond acceptors (Lipinski definition) is 2. The summed E-state index contributed by atoms with van der Waals surface area (Å²) in [5, 5.41) is 4.87. The quantitative estimate of drug-likeness (QED) is 0.880. The third kappa shape index (κ3) is 4.65. The minimum atomic E-state index is -0.782. The second-order valence-electron chi connectivity index (χ2n) is 4.57. The molecule has 6 heteroatoms. The molecule has 0 radical (unpaired) electrons. The Morgan fingerprint density at radius 3 is 2.05 bits per heavy atom. The van der Waals surface area contributed by atoms with Crippen LogP contribution in [0.2, 0.25) is 0 Å². The van der Waals surface area contributed by atoms with Gasteiger partial charge in [-0.05, 0) is 18.1 Å². The van der Waals surface area contributed by atoms with Crippen LogP contribution in [0.15, 0.2) is 18.2 Å². The van der Waals surface area contributed by atoms with Crippen LogP contribution in [0.3, 0.4) is 0 Å². The largest absolute Gasteiger partial charge is 0.344 e. The molecule has 0 aliphatic carbocycles. The Bertz CT molecular complexity index is 469. The van der Waals surface area contributed by atoms with Gasteiger partial charge in [-0.1, -0.05) is 13.8 Å². The van der Waals surface area contributed by atoms with Crippen LogP contribution in [0.1, 0.15) is 20.8 Å². The van der Waals surface area contributed by atoms with Gasteiger partial charge in [0.2, 0.25) is 11.8 Å². The molecule has 1 rings (SSSR count). The van der Waals surface area contributed by atoms with Crippen LogP contribution < -0.4 is 10.6 Å². The summed E-state index contributed by atoms with van der Waals surface area (Å²) in [7, 11) is 0. The van der Waals surface area contributed by atoms with E-state index in [2.05, 4.69) is 10.6 Å². The van der Waals surface area contributed by atoms with Gasteiger partial charge in [-0.15, -0.1) is 0 Å². The molecule has 0 heterocycles. The van der Waals surface area contributed by atoms with Gasteiger partial charge in [0.25, 0.3) is 0 Å². The first kappa shape index (κ1) is 15.1. The average Bonchev–Trinajstić information content (AvgIpc) is 2.23. The van der Waals surface area contributed by atoms with E-state index in [1.54, 1.807) is 13.8 Å². The molecule has 1 atom stereocenters. The number of benzene rings is 1. The van der Waals surface area contributed by atoms with Crippen LogP contribution in [0.25, 0.3) is 0 Å². The molecule has 0 aromatic heterocycles. The Labute approximate surface area is 110 Å². The van der Waals surface area contributed by atoms with Crippen LogP contribution in [0.5, 0.6) is 0 Å². The smallest absolute Gasteiger partial charge is 0.247 e. The summed E-state index contributed by atoms with van der Waals surface area (Å²) >= 11 is 0. The third-order valence-corrected chi connectivity index (χ3v) is 2.44. The molecule has 2 N–H and O–H groups in total. The van der Waals surface area contributed by atoms with E-state index in [9.17, 15) is 18.4 Å². The van der Waals surface area contributed by atoms with E-state index < -0.39 is 23.6 Å². The van der Waals surface area contributed by atoms with Gasteiger partial charge in [0.15, 0.2) is 0 Å². The molecule has 19 heavy (non-hydrogen) atoms. The summed E-state index contributed by atoms with van der Waals surface area (Å²) in [5.74, 6) is -2.58. The van der Waals surface area contributed by atoms with Gasteiger partial charge in [-0.2, -0.15) is 0 Å². The first-order valence-electron chi connectivity index (χ1n) is 5.83. The monoisotopic (exact) mass is 270 g/mol. The predicted molar refractivity (Wildman–Crippen MR) is 67.4 cm³/mol. The van der Waals surface area contributed by atoms with Gasteiger partial charge >= 0.3 is 0 Å². The number of anilines is 1. The fourth-order valence-corrected chi connectivity index (χ4v) is 1.60. The Kier molecular flexibility index (Phi) is 4.97. The van der Waals surface area contributed by atoms with E-state index in [0.29, 0.717) is 6.07 Å². The highest BCUT2D eigenvalue weighted by Crippen LogP contribution is 2.14. The Balaban J connectivity index is 2.83. The van der Waals surface area contributed by atoms with Gasteiger partial charge in [-0.25, -0.2) is 8.78 Å². The molecule has 2 amide bonds. The fraction of sp³-hybridized carbons (Fsp3) is 0.385. The second-order valence-corrected chi connectivity index (χ2v) is 4.57. The Morgan fingerprint density at radius 1 is 1.11 bits per heavy atom. The highest BCUT2D eigenvalue weighted by molar-refractivity contribution is 5.97. The maximum atomic E-state index is 13.0. The summed E-state index contributed by atoms with van der Waals surface area (Å²) in [6.07, 6.45) is 0. The molecule has 104 valence electrons. The molecule has 1 aromatic carbocycles. The number of carbonyl (C=O) groups is 2. The standard InChI is InChI=1S/C13H16F2N2O2/c1-7(2)12(16-8(3)18)13(19)17-11-5-9(14)4-10(15)6-11/h4-7,12H,1-3H3,(H,16,18)(H,17,19)/t12-/m0/s1. The molecule has 0 unspecified atom stereocenters. The van der Waals surface area contributed by atoms with Crippen molar-refractivity contribution < 1.29 is 18.4 Å². The normalized spacial score (nSPS) is 12.1. The number of carbonyl (C=O) groups excluding carboxylic acids is 2. The van der Waals surface area contributed by atoms with E-state index in [4.69, 9.17) is 0 Å². The van der Waals surface area contributed by atoms with Crippen molar-refractivity contribution in [2.45, 2.75) is 26.8 Å². The fourth-order valence-electron chi connectivity index (χ4n) is 1.60. The van der Waals surface area contributed by atoms with E-state index in [-0.39, 0.29) is 17.5 Å². The minimum Gasteiger partial charge on any atom is -0.344 e. The maximum absolute atomic E-state index is 13.0.